The summed E-state index contributed by atoms with van der Waals surface area (Å²) in [6.07, 6.45) is 4.72. The van der Waals surface area contributed by atoms with Gasteiger partial charge in [0.2, 0.25) is 0 Å². The maximum Gasteiger partial charge on any atom is 0.254 e. The summed E-state index contributed by atoms with van der Waals surface area (Å²) in [5.41, 5.74) is 0.560. The quantitative estimate of drug-likeness (QED) is 0.791. The molecule has 90 valence electrons. The Bertz CT molecular complexity index is 400. The van der Waals surface area contributed by atoms with Crippen molar-refractivity contribution in [3.8, 4) is 6.07 Å². The average Bonchev–Trinajstić information content (AvgIpc) is 2.86. The summed E-state index contributed by atoms with van der Waals surface area (Å²) in [7, 11) is 0. The third-order valence-electron chi connectivity index (χ3n) is 3.00. The fourth-order valence-electron chi connectivity index (χ4n) is 2.00. The van der Waals surface area contributed by atoms with E-state index >= 15 is 0 Å². The molecule has 0 spiro atoms. The van der Waals surface area contributed by atoms with E-state index in [1.54, 1.807) is 6.07 Å². The highest BCUT2D eigenvalue weighted by atomic mass is 16.3. The number of amides is 1. The maximum absolute atomic E-state index is 11.7. The van der Waals surface area contributed by atoms with E-state index in [1.165, 1.54) is 12.5 Å². The zero-order chi connectivity index (χ0) is 12.1. The van der Waals surface area contributed by atoms with E-state index in [2.05, 4.69) is 16.3 Å². The molecule has 1 N–H and O–H groups in total. The van der Waals surface area contributed by atoms with Crippen LogP contribution in [-0.4, -0.2) is 36.5 Å². The predicted molar refractivity (Wildman–Crippen MR) is 61.2 cm³/mol. The van der Waals surface area contributed by atoms with E-state index in [0.29, 0.717) is 12.1 Å². The predicted octanol–water partition coefficient (Wildman–Crippen LogP) is 0.997. The number of hydrogen-bond acceptors (Lipinski definition) is 4. The highest BCUT2D eigenvalue weighted by molar-refractivity contribution is 5.93. The number of furan rings is 1. The Hall–Kier alpha value is -1.80. The molecule has 0 aromatic carbocycles. The first-order chi connectivity index (χ1) is 8.29. The number of likely N-dealkylation sites (tertiary alicyclic amines) is 1. The van der Waals surface area contributed by atoms with E-state index in [4.69, 9.17) is 9.68 Å². The Morgan fingerprint density at radius 1 is 1.59 bits per heavy atom. The number of carbonyl (C=O) groups is 1. The second-order valence-electron chi connectivity index (χ2n) is 4.19. The molecule has 0 radical (unpaired) electrons. The van der Waals surface area contributed by atoms with Crippen LogP contribution in [0.3, 0.4) is 0 Å². The van der Waals surface area contributed by atoms with Crippen LogP contribution in [0.25, 0.3) is 0 Å². The van der Waals surface area contributed by atoms with Crippen molar-refractivity contribution in [3.63, 3.8) is 0 Å². The summed E-state index contributed by atoms with van der Waals surface area (Å²) in [4.78, 5) is 13.8. The first kappa shape index (κ1) is 11.7. The number of nitriles is 1. The molecule has 1 aromatic heterocycles. The van der Waals surface area contributed by atoms with Crippen molar-refractivity contribution in [2.45, 2.75) is 18.9 Å². The number of carbonyl (C=O) groups excluding carboxylic acids is 1. The van der Waals surface area contributed by atoms with Crippen molar-refractivity contribution in [2.24, 2.45) is 0 Å². The van der Waals surface area contributed by atoms with Crippen molar-refractivity contribution < 1.29 is 9.21 Å². The van der Waals surface area contributed by atoms with Gasteiger partial charge in [-0.05, 0) is 18.9 Å². The van der Waals surface area contributed by atoms with Gasteiger partial charge in [0.15, 0.2) is 0 Å². The normalized spacial score (nSPS) is 17.6. The molecule has 1 aliphatic rings. The molecular weight excluding hydrogens is 218 g/mol. The molecule has 5 nitrogen and oxygen atoms in total. The Balaban J connectivity index is 1.79. The minimum atomic E-state index is -0.0857. The molecule has 17 heavy (non-hydrogen) atoms. The Morgan fingerprint density at radius 3 is 2.94 bits per heavy atom. The molecule has 5 heteroatoms. The fourth-order valence-corrected chi connectivity index (χ4v) is 2.00. The molecule has 0 atom stereocenters. The smallest absolute Gasteiger partial charge is 0.254 e. The maximum atomic E-state index is 11.7. The Labute approximate surface area is 100 Å². The zero-order valence-corrected chi connectivity index (χ0v) is 9.56. The highest BCUT2D eigenvalue weighted by Crippen LogP contribution is 2.10. The molecule has 0 saturated carbocycles. The second-order valence-corrected chi connectivity index (χ2v) is 4.19. The molecule has 2 rings (SSSR count). The van der Waals surface area contributed by atoms with E-state index in [9.17, 15) is 4.79 Å². The first-order valence-corrected chi connectivity index (χ1v) is 5.72. The lowest BCUT2D eigenvalue weighted by molar-refractivity contribution is 0.0913. The number of nitrogens with one attached hydrogen (secondary N) is 1. The van der Waals surface area contributed by atoms with Crippen molar-refractivity contribution in [1.29, 1.82) is 5.26 Å². The van der Waals surface area contributed by atoms with Gasteiger partial charge >= 0.3 is 0 Å². The molecule has 1 amide bonds. The third kappa shape index (κ3) is 3.08. The molecule has 1 aromatic rings. The second kappa shape index (κ2) is 5.51. The lowest BCUT2D eigenvalue weighted by atomic mass is 10.0. The average molecular weight is 233 g/mol. The number of hydrogen-bond donors (Lipinski definition) is 1. The summed E-state index contributed by atoms with van der Waals surface area (Å²) in [6, 6.07) is 4.00. The van der Waals surface area contributed by atoms with E-state index in [-0.39, 0.29) is 11.9 Å². The van der Waals surface area contributed by atoms with Gasteiger partial charge in [-0.3, -0.25) is 9.69 Å². The van der Waals surface area contributed by atoms with E-state index < -0.39 is 0 Å². The third-order valence-corrected chi connectivity index (χ3v) is 3.00. The van der Waals surface area contributed by atoms with Crippen LogP contribution in [0.5, 0.6) is 0 Å². The SMILES string of the molecule is N#CCN1CCC(NC(=O)c2ccoc2)CC1. The van der Waals surface area contributed by atoms with Crippen molar-refractivity contribution in [2.75, 3.05) is 19.6 Å². The van der Waals surface area contributed by atoms with Crippen LogP contribution in [0.15, 0.2) is 23.0 Å². The van der Waals surface area contributed by atoms with Gasteiger partial charge in [-0.15, -0.1) is 0 Å². The van der Waals surface area contributed by atoms with E-state index in [1.807, 2.05) is 0 Å². The van der Waals surface area contributed by atoms with Crippen molar-refractivity contribution >= 4 is 5.91 Å². The first-order valence-electron chi connectivity index (χ1n) is 5.72. The van der Waals surface area contributed by atoms with Gasteiger partial charge in [0.25, 0.3) is 5.91 Å². The zero-order valence-electron chi connectivity index (χ0n) is 9.56. The molecule has 0 bridgehead atoms. The largest absolute Gasteiger partial charge is 0.472 e. The van der Waals surface area contributed by atoms with Crippen LogP contribution in [0.2, 0.25) is 0 Å². The van der Waals surface area contributed by atoms with Crippen LogP contribution < -0.4 is 5.32 Å². The fraction of sp³-hybridized carbons (Fsp3) is 0.500. The van der Waals surface area contributed by atoms with Gasteiger partial charge in [0, 0.05) is 19.1 Å². The highest BCUT2D eigenvalue weighted by Gasteiger charge is 2.20. The van der Waals surface area contributed by atoms with Gasteiger partial charge in [0.05, 0.1) is 24.4 Å². The topological polar surface area (TPSA) is 69.3 Å². The Kier molecular flexibility index (Phi) is 3.78. The van der Waals surface area contributed by atoms with Gasteiger partial charge in [0.1, 0.15) is 6.26 Å². The summed E-state index contributed by atoms with van der Waals surface area (Å²) >= 11 is 0. The monoisotopic (exact) mass is 233 g/mol. The minimum Gasteiger partial charge on any atom is -0.472 e. The molecule has 1 fully saturated rings. The lowest BCUT2D eigenvalue weighted by Gasteiger charge is -2.30. The van der Waals surface area contributed by atoms with Gasteiger partial charge < -0.3 is 9.73 Å². The molecule has 1 aliphatic heterocycles. The van der Waals surface area contributed by atoms with Gasteiger partial charge in [-0.1, -0.05) is 0 Å². The number of rotatable bonds is 3. The minimum absolute atomic E-state index is 0.0857. The van der Waals surface area contributed by atoms with E-state index in [0.717, 1.165) is 25.9 Å². The van der Waals surface area contributed by atoms with Crippen molar-refractivity contribution in [1.82, 2.24) is 10.2 Å². The Morgan fingerprint density at radius 2 is 2.35 bits per heavy atom. The van der Waals surface area contributed by atoms with Gasteiger partial charge in [-0.2, -0.15) is 5.26 Å². The number of piperidine rings is 1. The summed E-state index contributed by atoms with van der Waals surface area (Å²) < 4.78 is 4.87. The standard InChI is InChI=1S/C12H15N3O2/c13-4-7-15-5-1-11(2-6-15)14-12(16)10-3-8-17-9-10/h3,8-9,11H,1-2,5-7H2,(H,14,16). The molecule has 0 unspecified atom stereocenters. The van der Waals surface area contributed by atoms with Crippen LogP contribution >= 0.6 is 0 Å². The van der Waals surface area contributed by atoms with Gasteiger partial charge in [-0.25, -0.2) is 0 Å². The van der Waals surface area contributed by atoms with Crippen LogP contribution in [0, 0.1) is 11.3 Å². The van der Waals surface area contributed by atoms with Crippen LogP contribution in [-0.2, 0) is 0 Å². The van der Waals surface area contributed by atoms with Crippen LogP contribution in [0.1, 0.15) is 23.2 Å². The van der Waals surface area contributed by atoms with Crippen LogP contribution in [0.4, 0.5) is 0 Å². The molecule has 0 aliphatic carbocycles. The molecular formula is C12H15N3O2. The number of nitrogens with zero attached hydrogens (tertiary/aromatic N) is 2. The van der Waals surface area contributed by atoms with Crippen molar-refractivity contribution in [3.05, 3.63) is 24.2 Å². The summed E-state index contributed by atoms with van der Waals surface area (Å²) in [6.45, 7) is 2.20. The summed E-state index contributed by atoms with van der Waals surface area (Å²) in [5, 5.41) is 11.6. The molecule has 1 saturated heterocycles. The lowest BCUT2D eigenvalue weighted by Crippen LogP contribution is -2.44. The molecule has 2 heterocycles. The summed E-state index contributed by atoms with van der Waals surface area (Å²) in [5.74, 6) is -0.0857.